The van der Waals surface area contributed by atoms with Gasteiger partial charge in [0.15, 0.2) is 11.5 Å². The van der Waals surface area contributed by atoms with Gasteiger partial charge in [0.2, 0.25) is 18.6 Å². The highest BCUT2D eigenvalue weighted by Gasteiger charge is 2.37. The first-order chi connectivity index (χ1) is 14.6. The molecule has 3 aromatic rings. The van der Waals surface area contributed by atoms with Crippen molar-refractivity contribution in [3.05, 3.63) is 63.5 Å². The molecule has 2 aliphatic heterocycles. The van der Waals surface area contributed by atoms with E-state index in [-0.39, 0.29) is 18.2 Å². The molecule has 150 valence electrons. The van der Waals surface area contributed by atoms with Crippen LogP contribution in [0, 0.1) is 11.3 Å². The fourth-order valence-corrected chi connectivity index (χ4v) is 4.14. The van der Waals surface area contributed by atoms with E-state index in [0.717, 1.165) is 15.6 Å². The number of halogens is 1. The van der Waals surface area contributed by atoms with Crippen molar-refractivity contribution >= 4 is 15.9 Å². The zero-order valence-corrected chi connectivity index (χ0v) is 17.3. The molecule has 0 bridgehead atoms. The predicted octanol–water partition coefficient (Wildman–Crippen LogP) is 3.79. The number of rotatable bonds is 3. The number of nitrogens with zero attached hydrogens (tertiary/aromatic N) is 2. The van der Waals surface area contributed by atoms with Crippen LogP contribution in [0.3, 0.4) is 0 Å². The van der Waals surface area contributed by atoms with Crippen molar-refractivity contribution in [2.24, 2.45) is 5.73 Å². The molecule has 3 heterocycles. The van der Waals surface area contributed by atoms with Gasteiger partial charge < -0.3 is 24.7 Å². The molecule has 3 N–H and O–H groups in total. The van der Waals surface area contributed by atoms with E-state index in [0.29, 0.717) is 34.4 Å². The van der Waals surface area contributed by atoms with Crippen molar-refractivity contribution in [1.29, 1.82) is 5.26 Å². The van der Waals surface area contributed by atoms with Crippen molar-refractivity contribution in [3.63, 3.8) is 0 Å². The fraction of sp³-hybridized carbons (Fsp3) is 0.143. The summed E-state index contributed by atoms with van der Waals surface area (Å²) >= 11 is 3.51. The van der Waals surface area contributed by atoms with E-state index in [4.69, 9.17) is 24.7 Å². The van der Waals surface area contributed by atoms with Crippen LogP contribution in [-0.4, -0.2) is 24.1 Å². The van der Waals surface area contributed by atoms with E-state index in [2.05, 4.69) is 32.2 Å². The third-order valence-corrected chi connectivity index (χ3v) is 5.60. The van der Waals surface area contributed by atoms with Crippen molar-refractivity contribution < 1.29 is 18.9 Å². The van der Waals surface area contributed by atoms with E-state index >= 15 is 0 Å². The summed E-state index contributed by atoms with van der Waals surface area (Å²) in [6.45, 7) is 0.179. The minimum absolute atomic E-state index is 0.0146. The summed E-state index contributed by atoms with van der Waals surface area (Å²) in [5, 5.41) is 17.2. The molecule has 1 unspecified atom stereocenters. The number of ether oxygens (including phenoxy) is 4. The molecule has 1 aromatic heterocycles. The molecule has 0 fully saturated rings. The summed E-state index contributed by atoms with van der Waals surface area (Å²) < 4.78 is 23.0. The first-order valence-corrected chi connectivity index (χ1v) is 9.79. The van der Waals surface area contributed by atoms with Gasteiger partial charge in [0.1, 0.15) is 17.4 Å². The minimum atomic E-state index is -0.537. The fourth-order valence-electron chi connectivity index (χ4n) is 3.76. The molecule has 0 saturated carbocycles. The zero-order valence-electron chi connectivity index (χ0n) is 15.7. The van der Waals surface area contributed by atoms with E-state index in [1.165, 1.54) is 0 Å². The Kier molecular flexibility index (Phi) is 4.29. The number of benzene rings is 2. The predicted molar refractivity (Wildman–Crippen MR) is 110 cm³/mol. The Morgan fingerprint density at radius 3 is 2.87 bits per heavy atom. The maximum absolute atomic E-state index is 9.89. The van der Waals surface area contributed by atoms with Crippen LogP contribution in [0.15, 0.2) is 52.3 Å². The number of allylic oxidation sites excluding steroid dienone is 1. The Morgan fingerprint density at radius 1 is 1.23 bits per heavy atom. The SMILES string of the molecule is COc1ccc(Br)cc1C1C(C#N)=C(N)Oc2n[nH]c(-c3ccc4c(c3)OCO4)c21. The monoisotopic (exact) mass is 466 g/mol. The summed E-state index contributed by atoms with van der Waals surface area (Å²) in [6, 6.07) is 13.4. The summed E-state index contributed by atoms with van der Waals surface area (Å²) in [6.07, 6.45) is 0. The van der Waals surface area contributed by atoms with Crippen LogP contribution in [0.1, 0.15) is 17.0 Å². The molecule has 0 saturated heterocycles. The first-order valence-electron chi connectivity index (χ1n) is 9.00. The number of fused-ring (bicyclic) bond motifs is 2. The maximum atomic E-state index is 9.89. The second-order valence-electron chi connectivity index (χ2n) is 6.70. The summed E-state index contributed by atoms with van der Waals surface area (Å²) in [4.78, 5) is 0. The highest BCUT2D eigenvalue weighted by atomic mass is 79.9. The van der Waals surface area contributed by atoms with Crippen LogP contribution in [0.25, 0.3) is 11.3 Å². The molecule has 0 aliphatic carbocycles. The number of nitrogens with two attached hydrogens (primary N) is 1. The molecule has 1 atom stereocenters. The van der Waals surface area contributed by atoms with Gasteiger partial charge in [0.25, 0.3) is 0 Å². The topological polar surface area (TPSA) is 115 Å². The molecular formula is C21H15BrN4O4. The second-order valence-corrected chi connectivity index (χ2v) is 7.61. The standard InChI is InChI=1S/C21H15BrN4O4/c1-27-14-5-3-11(22)7-12(14)17-13(8-23)20(24)30-21-18(17)19(25-26-21)10-2-4-15-16(6-10)29-9-28-15/h2-7,17H,9,24H2,1H3,(H,25,26). The normalized spacial score (nSPS) is 16.6. The number of H-pyrrole nitrogens is 1. The van der Waals surface area contributed by atoms with E-state index in [1.807, 2.05) is 36.4 Å². The van der Waals surface area contributed by atoms with Gasteiger partial charge in [-0.15, -0.1) is 5.10 Å². The van der Waals surface area contributed by atoms with Gasteiger partial charge in [-0.1, -0.05) is 15.9 Å². The quantitative estimate of drug-likeness (QED) is 0.602. The van der Waals surface area contributed by atoms with Gasteiger partial charge in [0.05, 0.1) is 24.3 Å². The summed E-state index contributed by atoms with van der Waals surface area (Å²) in [5.74, 6) is 1.72. The minimum Gasteiger partial charge on any atom is -0.496 e. The molecule has 9 heteroatoms. The zero-order chi connectivity index (χ0) is 20.8. The van der Waals surface area contributed by atoms with Crippen LogP contribution in [0.2, 0.25) is 0 Å². The lowest BCUT2D eigenvalue weighted by atomic mass is 9.82. The average molecular weight is 467 g/mol. The number of methoxy groups -OCH3 is 1. The van der Waals surface area contributed by atoms with Crippen LogP contribution in [0.5, 0.6) is 23.1 Å². The Hall–Kier alpha value is -3.64. The number of hydrogen-bond acceptors (Lipinski definition) is 7. The van der Waals surface area contributed by atoms with Crippen molar-refractivity contribution in [2.45, 2.75) is 5.92 Å². The van der Waals surface area contributed by atoms with Crippen molar-refractivity contribution in [3.8, 4) is 40.5 Å². The molecule has 0 radical (unpaired) electrons. The van der Waals surface area contributed by atoms with Gasteiger partial charge >= 0.3 is 0 Å². The van der Waals surface area contributed by atoms with Crippen LogP contribution < -0.4 is 24.7 Å². The molecular weight excluding hydrogens is 452 g/mol. The first kappa shape index (κ1) is 18.4. The van der Waals surface area contributed by atoms with Crippen LogP contribution in [0.4, 0.5) is 0 Å². The third-order valence-electron chi connectivity index (χ3n) is 5.10. The molecule has 5 rings (SSSR count). The largest absolute Gasteiger partial charge is 0.496 e. The lowest BCUT2D eigenvalue weighted by Gasteiger charge is -2.25. The maximum Gasteiger partial charge on any atom is 0.244 e. The Bertz CT molecular complexity index is 1240. The number of aromatic amines is 1. The Balaban J connectivity index is 1.74. The number of aromatic nitrogens is 2. The number of nitrogens with one attached hydrogen (secondary N) is 1. The van der Waals surface area contributed by atoms with E-state index in [9.17, 15) is 5.26 Å². The smallest absolute Gasteiger partial charge is 0.244 e. The molecule has 0 spiro atoms. The van der Waals surface area contributed by atoms with Crippen LogP contribution >= 0.6 is 15.9 Å². The molecule has 0 amide bonds. The second kappa shape index (κ2) is 7.00. The van der Waals surface area contributed by atoms with E-state index < -0.39 is 5.92 Å². The Morgan fingerprint density at radius 2 is 2.07 bits per heavy atom. The van der Waals surface area contributed by atoms with Gasteiger partial charge in [-0.05, 0) is 36.4 Å². The third kappa shape index (κ3) is 2.76. The van der Waals surface area contributed by atoms with Gasteiger partial charge in [-0.2, -0.15) is 5.26 Å². The van der Waals surface area contributed by atoms with Crippen LogP contribution in [-0.2, 0) is 0 Å². The Labute approximate surface area is 179 Å². The number of hydrogen-bond donors (Lipinski definition) is 2. The van der Waals surface area contributed by atoms with Gasteiger partial charge in [-0.25, -0.2) is 0 Å². The summed E-state index contributed by atoms with van der Waals surface area (Å²) in [5.41, 5.74) is 9.31. The molecule has 2 aromatic carbocycles. The average Bonchev–Trinajstić information content (AvgIpc) is 3.38. The van der Waals surface area contributed by atoms with Crippen molar-refractivity contribution in [2.75, 3.05) is 13.9 Å². The lowest BCUT2D eigenvalue weighted by molar-refractivity contribution is 0.174. The molecule has 8 nitrogen and oxygen atoms in total. The molecule has 2 aliphatic rings. The van der Waals surface area contributed by atoms with Gasteiger partial charge in [-0.3, -0.25) is 5.10 Å². The van der Waals surface area contributed by atoms with Gasteiger partial charge in [0, 0.05) is 15.6 Å². The highest BCUT2D eigenvalue weighted by Crippen LogP contribution is 2.49. The van der Waals surface area contributed by atoms with E-state index in [1.54, 1.807) is 7.11 Å². The highest BCUT2D eigenvalue weighted by molar-refractivity contribution is 9.10. The van der Waals surface area contributed by atoms with Crippen molar-refractivity contribution in [1.82, 2.24) is 10.2 Å². The molecule has 30 heavy (non-hydrogen) atoms. The summed E-state index contributed by atoms with van der Waals surface area (Å²) in [7, 11) is 1.58. The number of nitriles is 1. The lowest BCUT2D eigenvalue weighted by Crippen LogP contribution is -2.21.